The average molecular weight is 305 g/mol. The third kappa shape index (κ3) is 2.51. The molecule has 5 heteroatoms. The highest BCUT2D eigenvalue weighted by atomic mass is 19.2. The predicted molar refractivity (Wildman–Crippen MR) is 81.4 cm³/mol. The molecule has 118 valence electrons. The van der Waals surface area contributed by atoms with Crippen LogP contribution in [-0.2, 0) is 6.54 Å². The number of benzene rings is 1. The number of H-pyrrole nitrogens is 1. The van der Waals surface area contributed by atoms with Gasteiger partial charge in [-0.3, -0.25) is 4.90 Å². The van der Waals surface area contributed by atoms with Crippen LogP contribution in [-0.4, -0.2) is 27.5 Å². The van der Waals surface area contributed by atoms with Gasteiger partial charge in [-0.05, 0) is 38.1 Å². The van der Waals surface area contributed by atoms with E-state index in [9.17, 15) is 8.78 Å². The van der Waals surface area contributed by atoms with Gasteiger partial charge in [-0.25, -0.2) is 13.8 Å². The molecule has 0 spiro atoms. The summed E-state index contributed by atoms with van der Waals surface area (Å²) in [6, 6.07) is 3.02. The molecular formula is C17H21F2N3. The van der Waals surface area contributed by atoms with Crippen molar-refractivity contribution < 1.29 is 8.78 Å². The van der Waals surface area contributed by atoms with E-state index in [0.717, 1.165) is 24.8 Å². The molecule has 1 saturated heterocycles. The number of hydrogen-bond donors (Lipinski definition) is 1. The largest absolute Gasteiger partial charge is 0.341 e. The van der Waals surface area contributed by atoms with Gasteiger partial charge in [0.05, 0.1) is 17.6 Å². The van der Waals surface area contributed by atoms with Gasteiger partial charge in [-0.1, -0.05) is 12.8 Å². The molecule has 0 unspecified atom stereocenters. The first-order valence-electron chi connectivity index (χ1n) is 8.28. The van der Waals surface area contributed by atoms with Gasteiger partial charge in [0.2, 0.25) is 0 Å². The molecular weight excluding hydrogens is 284 g/mol. The lowest BCUT2D eigenvalue weighted by Gasteiger charge is -2.28. The molecule has 2 aliphatic rings. The van der Waals surface area contributed by atoms with E-state index in [4.69, 9.17) is 0 Å². The van der Waals surface area contributed by atoms with Crippen molar-refractivity contribution in [1.82, 2.24) is 14.9 Å². The SMILES string of the molecule is Fc1cc2nc(CN3CCC[C@@H]3C3CCCC3)[nH]c2cc1F. The van der Waals surface area contributed by atoms with Gasteiger partial charge < -0.3 is 4.98 Å². The highest BCUT2D eigenvalue weighted by Gasteiger charge is 2.33. The molecule has 0 bridgehead atoms. The summed E-state index contributed by atoms with van der Waals surface area (Å²) in [5.74, 6) is -0.0325. The molecule has 3 nitrogen and oxygen atoms in total. The van der Waals surface area contributed by atoms with Crippen LogP contribution < -0.4 is 0 Å². The number of imidazole rings is 1. The first-order chi connectivity index (χ1) is 10.7. The summed E-state index contributed by atoms with van der Waals surface area (Å²) in [4.78, 5) is 10.1. The molecule has 1 N–H and O–H groups in total. The zero-order chi connectivity index (χ0) is 15.1. The minimum atomic E-state index is -0.837. The van der Waals surface area contributed by atoms with Crippen LogP contribution in [0.15, 0.2) is 12.1 Å². The Morgan fingerprint density at radius 1 is 1.09 bits per heavy atom. The summed E-state index contributed by atoms with van der Waals surface area (Å²) >= 11 is 0. The molecule has 22 heavy (non-hydrogen) atoms. The lowest BCUT2D eigenvalue weighted by Crippen LogP contribution is -2.34. The average Bonchev–Trinajstić information content (AvgIpc) is 3.19. The van der Waals surface area contributed by atoms with Gasteiger partial charge >= 0.3 is 0 Å². The number of aromatic amines is 1. The van der Waals surface area contributed by atoms with Crippen molar-refractivity contribution in [3.05, 3.63) is 29.6 Å². The maximum absolute atomic E-state index is 13.3. The number of likely N-dealkylation sites (tertiary alicyclic amines) is 1. The Kier molecular flexibility index (Phi) is 3.60. The van der Waals surface area contributed by atoms with Crippen molar-refractivity contribution >= 4 is 11.0 Å². The van der Waals surface area contributed by atoms with Crippen molar-refractivity contribution in [1.29, 1.82) is 0 Å². The standard InChI is InChI=1S/C17H21F2N3/c18-12-8-14-15(9-13(12)19)21-17(20-14)10-22-7-3-6-16(22)11-4-1-2-5-11/h8-9,11,16H,1-7,10H2,(H,20,21)/t16-/m1/s1. The topological polar surface area (TPSA) is 31.9 Å². The van der Waals surface area contributed by atoms with Crippen LogP contribution in [0.25, 0.3) is 11.0 Å². The summed E-state index contributed by atoms with van der Waals surface area (Å²) in [6.45, 7) is 1.85. The Balaban J connectivity index is 1.54. The fourth-order valence-electron chi connectivity index (χ4n) is 4.25. The molecule has 2 aromatic rings. The molecule has 1 aromatic heterocycles. The third-order valence-corrected chi connectivity index (χ3v) is 5.28. The first-order valence-corrected chi connectivity index (χ1v) is 8.28. The summed E-state index contributed by atoms with van der Waals surface area (Å²) in [5, 5.41) is 0. The Hall–Kier alpha value is -1.49. The molecule has 2 fully saturated rings. The minimum Gasteiger partial charge on any atom is -0.341 e. The molecule has 4 rings (SSSR count). The second-order valence-corrected chi connectivity index (χ2v) is 6.69. The Bertz CT molecular complexity index is 637. The summed E-state index contributed by atoms with van der Waals surface area (Å²) in [6.07, 6.45) is 7.92. The van der Waals surface area contributed by atoms with Crippen molar-refractivity contribution in [3.63, 3.8) is 0 Å². The van der Waals surface area contributed by atoms with E-state index in [-0.39, 0.29) is 0 Å². The Morgan fingerprint density at radius 2 is 1.86 bits per heavy atom. The van der Waals surface area contributed by atoms with Gasteiger partial charge in [-0.15, -0.1) is 0 Å². The zero-order valence-corrected chi connectivity index (χ0v) is 12.6. The normalized spacial score (nSPS) is 23.8. The van der Waals surface area contributed by atoms with Crippen LogP contribution in [0.2, 0.25) is 0 Å². The second-order valence-electron chi connectivity index (χ2n) is 6.69. The molecule has 1 aliphatic heterocycles. The summed E-state index contributed by atoms with van der Waals surface area (Å²) < 4.78 is 26.6. The Labute approximate surface area is 128 Å². The molecule has 1 atom stereocenters. The van der Waals surface area contributed by atoms with Gasteiger partial charge in [0.1, 0.15) is 5.82 Å². The lowest BCUT2D eigenvalue weighted by atomic mass is 9.96. The van der Waals surface area contributed by atoms with Gasteiger partial charge in [0.15, 0.2) is 11.6 Å². The van der Waals surface area contributed by atoms with Crippen LogP contribution in [0.4, 0.5) is 8.78 Å². The molecule has 1 aliphatic carbocycles. The van der Waals surface area contributed by atoms with E-state index in [0.29, 0.717) is 17.1 Å². The van der Waals surface area contributed by atoms with E-state index in [2.05, 4.69) is 14.9 Å². The molecule has 1 saturated carbocycles. The monoisotopic (exact) mass is 305 g/mol. The fraction of sp³-hybridized carbons (Fsp3) is 0.588. The van der Waals surface area contributed by atoms with Gasteiger partial charge in [0.25, 0.3) is 0 Å². The van der Waals surface area contributed by atoms with Crippen LogP contribution in [0, 0.1) is 17.6 Å². The fourth-order valence-corrected chi connectivity index (χ4v) is 4.25. The van der Waals surface area contributed by atoms with Crippen molar-refractivity contribution in [2.75, 3.05) is 6.54 Å². The first kappa shape index (κ1) is 14.1. The number of halogens is 2. The highest BCUT2D eigenvalue weighted by Crippen LogP contribution is 2.36. The summed E-state index contributed by atoms with van der Waals surface area (Å²) in [7, 11) is 0. The number of fused-ring (bicyclic) bond motifs is 1. The quantitative estimate of drug-likeness (QED) is 0.929. The Morgan fingerprint density at radius 3 is 2.68 bits per heavy atom. The van der Waals surface area contributed by atoms with Gasteiger partial charge in [-0.2, -0.15) is 0 Å². The minimum absolute atomic E-state index is 0.505. The highest BCUT2D eigenvalue weighted by molar-refractivity contribution is 5.75. The second kappa shape index (κ2) is 5.61. The van der Waals surface area contributed by atoms with E-state index in [1.807, 2.05) is 0 Å². The summed E-state index contributed by atoms with van der Waals surface area (Å²) in [5.41, 5.74) is 1.08. The van der Waals surface area contributed by atoms with Crippen molar-refractivity contribution in [3.8, 4) is 0 Å². The van der Waals surface area contributed by atoms with Crippen LogP contribution >= 0.6 is 0 Å². The number of hydrogen-bond acceptors (Lipinski definition) is 2. The van der Waals surface area contributed by atoms with Crippen LogP contribution in [0.1, 0.15) is 44.3 Å². The smallest absolute Gasteiger partial charge is 0.161 e. The molecule has 2 heterocycles. The maximum atomic E-state index is 13.3. The number of rotatable bonds is 3. The zero-order valence-electron chi connectivity index (χ0n) is 12.6. The maximum Gasteiger partial charge on any atom is 0.161 e. The van der Waals surface area contributed by atoms with Gasteiger partial charge in [0, 0.05) is 18.2 Å². The lowest BCUT2D eigenvalue weighted by molar-refractivity contribution is 0.180. The van der Waals surface area contributed by atoms with Crippen molar-refractivity contribution in [2.24, 2.45) is 5.92 Å². The van der Waals surface area contributed by atoms with Crippen LogP contribution in [0.3, 0.4) is 0 Å². The molecule has 0 radical (unpaired) electrons. The van der Waals surface area contributed by atoms with Crippen LogP contribution in [0.5, 0.6) is 0 Å². The van der Waals surface area contributed by atoms with E-state index < -0.39 is 11.6 Å². The predicted octanol–water partition coefficient (Wildman–Crippen LogP) is 4.00. The molecule has 0 amide bonds. The van der Waals surface area contributed by atoms with E-state index in [1.165, 1.54) is 50.7 Å². The third-order valence-electron chi connectivity index (χ3n) is 5.28. The van der Waals surface area contributed by atoms with E-state index >= 15 is 0 Å². The number of aromatic nitrogens is 2. The molecule has 1 aromatic carbocycles. The van der Waals surface area contributed by atoms with E-state index in [1.54, 1.807) is 0 Å². The number of nitrogens with one attached hydrogen (secondary N) is 1. The number of nitrogens with zero attached hydrogens (tertiary/aromatic N) is 2. The van der Waals surface area contributed by atoms with Crippen molar-refractivity contribution in [2.45, 2.75) is 51.1 Å².